The van der Waals surface area contributed by atoms with Crippen molar-refractivity contribution >= 4 is 46.7 Å². The first-order chi connectivity index (χ1) is 20.2. The van der Waals surface area contributed by atoms with Crippen molar-refractivity contribution in [1.29, 1.82) is 0 Å². The third-order valence-corrected chi connectivity index (χ3v) is 8.54. The van der Waals surface area contributed by atoms with Crippen LogP contribution in [-0.2, 0) is 33.3 Å². The molecule has 43 heavy (non-hydrogen) atoms. The van der Waals surface area contributed by atoms with Gasteiger partial charge in [-0.05, 0) is 12.8 Å². The van der Waals surface area contributed by atoms with E-state index in [0.29, 0.717) is 0 Å². The molecule has 0 saturated carbocycles. The van der Waals surface area contributed by atoms with Crippen molar-refractivity contribution in [3.8, 4) is 0 Å². The van der Waals surface area contributed by atoms with Crippen molar-refractivity contribution in [3.05, 3.63) is 0 Å². The van der Waals surface area contributed by atoms with Gasteiger partial charge in [0.1, 0.15) is 62.0 Å². The number of aliphatic hydroxyl groups excluding tert-OH is 8. The average molecular weight is 688 g/mol. The minimum absolute atomic E-state index is 0.0383. The summed E-state index contributed by atoms with van der Waals surface area (Å²) >= 11 is 18.1. The highest BCUT2D eigenvalue weighted by Gasteiger charge is 2.57. The lowest BCUT2D eigenvalue weighted by molar-refractivity contribution is -0.357. The lowest BCUT2D eigenvalue weighted by atomic mass is 9.97. The van der Waals surface area contributed by atoms with Crippen molar-refractivity contribution in [3.63, 3.8) is 0 Å². The largest absolute Gasteiger partial charge is 0.463 e. The Bertz CT molecular complexity index is 874. The summed E-state index contributed by atoms with van der Waals surface area (Å²) in [6.07, 6.45) is -14.7. The number of aliphatic hydroxyl groups is 8. The van der Waals surface area contributed by atoms with E-state index in [1.165, 1.54) is 0 Å². The van der Waals surface area contributed by atoms with Crippen LogP contribution in [0.5, 0.6) is 0 Å². The summed E-state index contributed by atoms with van der Waals surface area (Å²) < 4.78 is 27.1. The van der Waals surface area contributed by atoms with E-state index in [1.54, 1.807) is 6.92 Å². The van der Waals surface area contributed by atoms with Gasteiger partial charge in [-0.2, -0.15) is 0 Å². The van der Waals surface area contributed by atoms with Crippen LogP contribution in [0, 0.1) is 5.92 Å². The zero-order valence-electron chi connectivity index (χ0n) is 23.4. The molecule has 2 aliphatic rings. The van der Waals surface area contributed by atoms with Gasteiger partial charge in [0, 0.05) is 24.6 Å². The SMILES string of the molecule is CC1C(O)[C@](CCl)(O[C@H]2OC(COC(=O)CCCCC(=O)OC[C@@H](O)[C@@H](O)[C@H](O)[C@H](O)CO)[C@H](Cl)[C@H](O)C2O)O[C@@H]1CCl. The van der Waals surface area contributed by atoms with Crippen molar-refractivity contribution < 1.29 is 74.1 Å². The molecule has 0 spiro atoms. The number of halogens is 3. The smallest absolute Gasteiger partial charge is 0.305 e. The molecule has 0 radical (unpaired) electrons. The van der Waals surface area contributed by atoms with Crippen LogP contribution < -0.4 is 0 Å². The van der Waals surface area contributed by atoms with E-state index in [9.17, 15) is 45.3 Å². The number of alkyl halides is 3. The van der Waals surface area contributed by atoms with Crippen LogP contribution in [0.25, 0.3) is 0 Å². The molecule has 2 fully saturated rings. The third-order valence-electron chi connectivity index (χ3n) is 7.32. The average Bonchev–Trinajstić information content (AvgIpc) is 3.25. The number of rotatable bonds is 17. The van der Waals surface area contributed by atoms with Crippen LogP contribution in [0.1, 0.15) is 32.6 Å². The maximum absolute atomic E-state index is 12.2. The maximum Gasteiger partial charge on any atom is 0.305 e. The van der Waals surface area contributed by atoms with E-state index in [0.717, 1.165) is 0 Å². The highest BCUT2D eigenvalue weighted by molar-refractivity contribution is 6.21. The maximum atomic E-state index is 12.2. The molecule has 15 nitrogen and oxygen atoms in total. The van der Waals surface area contributed by atoms with Gasteiger partial charge in [-0.1, -0.05) is 6.92 Å². The molecule has 0 bridgehead atoms. The fraction of sp³-hybridized carbons (Fsp3) is 0.920. The predicted octanol–water partition coefficient (Wildman–Crippen LogP) is -2.29. The van der Waals surface area contributed by atoms with Crippen molar-refractivity contribution in [2.75, 3.05) is 31.6 Å². The Hall–Kier alpha value is -0.630. The minimum atomic E-state index is -1.87. The second-order valence-electron chi connectivity index (χ2n) is 10.5. The number of carbonyl (C=O) groups excluding carboxylic acids is 2. The fourth-order valence-corrected chi connectivity index (χ4v) is 5.38. The molecule has 13 atom stereocenters. The second-order valence-corrected chi connectivity index (χ2v) is 11.6. The molecular formula is C25H41Cl3O15. The predicted molar refractivity (Wildman–Crippen MR) is 147 cm³/mol. The Balaban J connectivity index is 1.77. The van der Waals surface area contributed by atoms with Crippen LogP contribution in [0.15, 0.2) is 0 Å². The van der Waals surface area contributed by atoms with Gasteiger partial charge in [-0.25, -0.2) is 0 Å². The van der Waals surface area contributed by atoms with E-state index >= 15 is 0 Å². The van der Waals surface area contributed by atoms with Crippen LogP contribution in [-0.4, -0.2) is 157 Å². The first-order valence-electron chi connectivity index (χ1n) is 13.7. The van der Waals surface area contributed by atoms with Crippen molar-refractivity contribution in [1.82, 2.24) is 0 Å². The first kappa shape index (κ1) is 38.6. The molecular weight excluding hydrogens is 647 g/mol. The normalized spacial score (nSPS) is 35.6. The van der Waals surface area contributed by atoms with E-state index in [2.05, 4.69) is 0 Å². The number of unbranched alkanes of at least 4 members (excludes halogenated alkanes) is 1. The zero-order valence-corrected chi connectivity index (χ0v) is 25.6. The van der Waals surface area contributed by atoms with Gasteiger partial charge in [0.25, 0.3) is 0 Å². The van der Waals surface area contributed by atoms with E-state index in [1.807, 2.05) is 0 Å². The number of hydrogen-bond donors (Lipinski definition) is 8. The Kier molecular flexibility index (Phi) is 16.0. The van der Waals surface area contributed by atoms with E-state index in [4.69, 9.17) is 63.6 Å². The number of ether oxygens (including phenoxy) is 5. The molecule has 18 heteroatoms. The molecule has 2 heterocycles. The van der Waals surface area contributed by atoms with Crippen molar-refractivity contribution in [2.24, 2.45) is 5.92 Å². The van der Waals surface area contributed by atoms with Crippen LogP contribution in [0.2, 0.25) is 0 Å². The summed E-state index contributed by atoms with van der Waals surface area (Å²) in [5.74, 6) is -4.02. The zero-order chi connectivity index (χ0) is 32.5. The second kappa shape index (κ2) is 17.9. The summed E-state index contributed by atoms with van der Waals surface area (Å²) in [7, 11) is 0. The summed E-state index contributed by atoms with van der Waals surface area (Å²) in [4.78, 5) is 24.1. The van der Waals surface area contributed by atoms with Crippen LogP contribution >= 0.6 is 34.8 Å². The van der Waals surface area contributed by atoms with Crippen LogP contribution in [0.4, 0.5) is 0 Å². The van der Waals surface area contributed by atoms with E-state index in [-0.39, 0.29) is 37.4 Å². The molecule has 2 aliphatic heterocycles. The molecule has 0 aromatic rings. The third kappa shape index (κ3) is 10.2. The molecule has 0 aliphatic carbocycles. The Morgan fingerprint density at radius 3 is 2.02 bits per heavy atom. The number of hydrogen-bond acceptors (Lipinski definition) is 15. The lowest BCUT2D eigenvalue weighted by Crippen LogP contribution is -2.61. The lowest BCUT2D eigenvalue weighted by Gasteiger charge is -2.43. The van der Waals surface area contributed by atoms with Gasteiger partial charge in [-0.15, -0.1) is 34.8 Å². The summed E-state index contributed by atoms with van der Waals surface area (Å²) in [5, 5.41) is 77.6. The number of carbonyl (C=O) groups is 2. The van der Waals surface area contributed by atoms with Gasteiger partial charge in [0.05, 0.1) is 24.0 Å². The molecule has 0 aromatic heterocycles. The quantitative estimate of drug-likeness (QED) is 0.0456. The highest BCUT2D eigenvalue weighted by Crippen LogP contribution is 2.40. The first-order valence-corrected chi connectivity index (χ1v) is 15.2. The highest BCUT2D eigenvalue weighted by atomic mass is 35.5. The monoisotopic (exact) mass is 686 g/mol. The molecule has 4 unspecified atom stereocenters. The topological polar surface area (TPSA) is 242 Å². The van der Waals surface area contributed by atoms with Crippen LogP contribution in [0.3, 0.4) is 0 Å². The van der Waals surface area contributed by atoms with Gasteiger partial charge in [-0.3, -0.25) is 9.59 Å². The molecule has 0 aromatic carbocycles. The summed E-state index contributed by atoms with van der Waals surface area (Å²) in [5.41, 5.74) is 0. The molecule has 252 valence electrons. The Morgan fingerprint density at radius 1 is 0.907 bits per heavy atom. The molecule has 0 amide bonds. The molecule has 2 saturated heterocycles. The van der Waals surface area contributed by atoms with Gasteiger partial charge < -0.3 is 64.5 Å². The molecule has 2 rings (SSSR count). The van der Waals surface area contributed by atoms with Crippen molar-refractivity contribution in [2.45, 2.75) is 105 Å². The van der Waals surface area contributed by atoms with Gasteiger partial charge in [0.2, 0.25) is 5.79 Å². The Labute approximate surface area is 263 Å². The summed E-state index contributed by atoms with van der Waals surface area (Å²) in [6, 6.07) is 0. The van der Waals surface area contributed by atoms with Gasteiger partial charge in [0.15, 0.2) is 6.29 Å². The van der Waals surface area contributed by atoms with Gasteiger partial charge >= 0.3 is 11.9 Å². The summed E-state index contributed by atoms with van der Waals surface area (Å²) in [6.45, 7) is -0.266. The van der Waals surface area contributed by atoms with E-state index < -0.39 is 110 Å². The standard InChI is InChI=1S/C25H41Cl3O15/c1-11-14(6-26)42-25(10-27,23(11)38)43-24-22(37)21(36)18(28)15(41-24)9-40-17(33)5-3-2-4-16(32)39-8-13(31)20(35)19(34)12(30)7-29/h11-15,18-24,29-31,34-38H,2-10H2,1H3/t11?,12-,13-,14-,15?,18+,19-,20-,21+,22?,23?,24-,25+/m1/s1. The Morgan fingerprint density at radius 2 is 1.49 bits per heavy atom. The number of esters is 2. The fourth-order valence-electron chi connectivity index (χ4n) is 4.47. The molecule has 8 N–H and O–H groups in total. The minimum Gasteiger partial charge on any atom is -0.463 e.